The highest BCUT2D eigenvalue weighted by Gasteiger charge is 2.29. The van der Waals surface area contributed by atoms with Gasteiger partial charge in [-0.05, 0) is 135 Å². The molecule has 18 heteroatoms. The Morgan fingerprint density at radius 1 is 0.282 bits per heavy atom. The number of rotatable bonds is 76. The Labute approximate surface area is 626 Å². The molecular weight excluding hydrogens is 1340 g/mol. The van der Waals surface area contributed by atoms with Gasteiger partial charge in [0.15, 0.2) is 6.10 Å². The summed E-state index contributed by atoms with van der Waals surface area (Å²) in [6, 6.07) is 0. The van der Waals surface area contributed by atoms with Gasteiger partial charge < -0.3 is 34.2 Å². The summed E-state index contributed by atoms with van der Waals surface area (Å²) < 4.78 is 61.1. The van der Waals surface area contributed by atoms with E-state index in [-0.39, 0.29) is 19.3 Å². The lowest BCUT2D eigenvalue weighted by atomic mass is 10.0. The van der Waals surface area contributed by atoms with Crippen molar-refractivity contribution < 1.29 is 75.8 Å². The fraction of sp³-hybridized carbons (Fsp3) is 0.706. The number of carbonyl (C=O) groups excluding carboxylic acids is 3. The van der Waals surface area contributed by atoms with Crippen LogP contribution in [0.1, 0.15) is 329 Å². The maximum absolute atomic E-state index is 12.9. The molecule has 592 valence electrons. The molecule has 0 saturated heterocycles. The number of hydrogen-bond acceptors (Lipinski definition) is 14. The molecule has 103 heavy (non-hydrogen) atoms. The van der Waals surface area contributed by atoms with Crippen molar-refractivity contribution in [3.05, 3.63) is 134 Å². The maximum atomic E-state index is 12.9. The molecule has 0 rings (SSSR count). The standard InChI is InChI=1S/C85H146O16P2/c1-4-7-10-13-16-19-22-25-28-30-31-32-33-34-35-36-37-38-39-40-41-42-43-44-45-46-47-49-52-53-56-59-62-65-68-71-83(88)95-74-80(86)75-97-102(91,92)98-76-81(87)77-99-103(93,94)100-79-82(101-85(90)73-70-67-64-61-58-55-50-27-24-21-18-15-12-9-6-3)78-96-84(89)72-69-66-63-60-57-54-51-48-29-26-23-20-17-14-11-8-5-2/h8-9,11-12,16-21,25-29,31-32,34-35,50-51,54,80-82,86-87H,4-7,10,13-15,22-24,30,33,36-49,52-53,55-79H2,1-3H3,(H,91,92)(H,93,94)/b11-8-,12-9-,19-16-,20-17-,21-18-,28-25-,29-26-,32-31-,35-34-,50-27-,54-51-. The zero-order chi connectivity index (χ0) is 75.2. The lowest BCUT2D eigenvalue weighted by Crippen LogP contribution is -2.30. The quantitative estimate of drug-likeness (QED) is 0.0146. The Morgan fingerprint density at radius 2 is 0.515 bits per heavy atom. The van der Waals surface area contributed by atoms with E-state index in [2.05, 4.69) is 154 Å². The number of unbranched alkanes of at least 4 members (excludes halogenated alkanes) is 31. The fourth-order valence-electron chi connectivity index (χ4n) is 10.7. The molecule has 0 radical (unpaired) electrons. The number of aliphatic hydroxyl groups is 2. The lowest BCUT2D eigenvalue weighted by Gasteiger charge is -2.21. The Kier molecular flexibility index (Phi) is 74.1. The van der Waals surface area contributed by atoms with Crippen LogP contribution in [0.2, 0.25) is 0 Å². The second-order valence-corrected chi connectivity index (χ2v) is 29.7. The molecule has 0 heterocycles. The van der Waals surface area contributed by atoms with E-state index in [1.165, 1.54) is 128 Å². The zero-order valence-electron chi connectivity index (χ0n) is 64.7. The third-order valence-electron chi connectivity index (χ3n) is 16.8. The average Bonchev–Trinajstić information content (AvgIpc) is 0.927. The third kappa shape index (κ3) is 78.6. The molecule has 0 aliphatic heterocycles. The van der Waals surface area contributed by atoms with Crippen LogP contribution in [0, 0.1) is 0 Å². The monoisotopic (exact) mass is 1490 g/mol. The van der Waals surface area contributed by atoms with Gasteiger partial charge in [0.1, 0.15) is 25.4 Å². The molecule has 0 amide bonds. The fourth-order valence-corrected chi connectivity index (χ4v) is 12.3. The van der Waals surface area contributed by atoms with Gasteiger partial charge in [0.2, 0.25) is 0 Å². The number of ether oxygens (including phenoxy) is 3. The summed E-state index contributed by atoms with van der Waals surface area (Å²) in [5, 5.41) is 20.6. The Hall–Kier alpha value is -4.31. The van der Waals surface area contributed by atoms with Crippen LogP contribution in [-0.4, -0.2) is 95.9 Å². The molecule has 5 atom stereocenters. The number of aliphatic hydroxyl groups excluding tert-OH is 2. The molecule has 0 aliphatic carbocycles. The van der Waals surface area contributed by atoms with Crippen LogP contribution >= 0.6 is 15.6 Å². The summed E-state index contributed by atoms with van der Waals surface area (Å²) in [5.74, 6) is -1.62. The van der Waals surface area contributed by atoms with Crippen LogP contribution < -0.4 is 0 Å². The van der Waals surface area contributed by atoms with Gasteiger partial charge in [-0.15, -0.1) is 0 Å². The van der Waals surface area contributed by atoms with E-state index in [0.717, 1.165) is 141 Å². The largest absolute Gasteiger partial charge is 0.472 e. The highest BCUT2D eigenvalue weighted by molar-refractivity contribution is 7.47. The summed E-state index contributed by atoms with van der Waals surface area (Å²) in [4.78, 5) is 58.6. The molecule has 0 aromatic rings. The van der Waals surface area contributed by atoms with Crippen molar-refractivity contribution >= 4 is 33.6 Å². The molecule has 16 nitrogen and oxygen atoms in total. The molecule has 0 bridgehead atoms. The number of esters is 3. The summed E-state index contributed by atoms with van der Waals surface area (Å²) in [6.07, 6.45) is 93.9. The average molecular weight is 1490 g/mol. The normalized spacial score (nSPS) is 14.7. The van der Waals surface area contributed by atoms with E-state index in [4.69, 9.17) is 32.3 Å². The van der Waals surface area contributed by atoms with Crippen LogP contribution in [-0.2, 0) is 55.8 Å². The van der Waals surface area contributed by atoms with Gasteiger partial charge in [-0.1, -0.05) is 309 Å². The first-order valence-corrected chi connectivity index (χ1v) is 43.5. The topological polar surface area (TPSA) is 231 Å². The summed E-state index contributed by atoms with van der Waals surface area (Å²) in [7, 11) is -9.80. The first-order chi connectivity index (χ1) is 50.2. The van der Waals surface area contributed by atoms with Crippen LogP contribution in [0.3, 0.4) is 0 Å². The predicted octanol–water partition coefficient (Wildman–Crippen LogP) is 23.9. The molecule has 0 aromatic heterocycles. The number of phosphoric ester groups is 2. The molecule has 0 saturated carbocycles. The predicted molar refractivity (Wildman–Crippen MR) is 426 cm³/mol. The second-order valence-electron chi connectivity index (χ2n) is 26.8. The first kappa shape index (κ1) is 98.7. The molecular formula is C85H146O16P2. The summed E-state index contributed by atoms with van der Waals surface area (Å²) >= 11 is 0. The minimum atomic E-state index is -4.94. The Morgan fingerprint density at radius 3 is 0.816 bits per heavy atom. The van der Waals surface area contributed by atoms with Crippen molar-refractivity contribution in [3.8, 4) is 0 Å². The molecule has 0 fully saturated rings. The van der Waals surface area contributed by atoms with Crippen LogP contribution in [0.4, 0.5) is 0 Å². The highest BCUT2D eigenvalue weighted by Crippen LogP contribution is 2.45. The minimum Gasteiger partial charge on any atom is -0.463 e. The number of allylic oxidation sites excluding steroid dienone is 22. The van der Waals surface area contributed by atoms with E-state index in [1.54, 1.807) is 0 Å². The van der Waals surface area contributed by atoms with Gasteiger partial charge in [0.05, 0.1) is 26.4 Å². The minimum absolute atomic E-state index is 0.0766. The first-order valence-electron chi connectivity index (χ1n) is 40.5. The Balaban J connectivity index is 4.39. The van der Waals surface area contributed by atoms with E-state index in [9.17, 15) is 43.5 Å². The van der Waals surface area contributed by atoms with Crippen LogP contribution in [0.25, 0.3) is 0 Å². The molecule has 4 N–H and O–H groups in total. The van der Waals surface area contributed by atoms with E-state index < -0.39 is 91.5 Å². The highest BCUT2D eigenvalue weighted by atomic mass is 31.2. The van der Waals surface area contributed by atoms with Gasteiger partial charge in [-0.2, -0.15) is 0 Å². The van der Waals surface area contributed by atoms with E-state index in [0.29, 0.717) is 19.3 Å². The van der Waals surface area contributed by atoms with Gasteiger partial charge in [-0.25, -0.2) is 9.13 Å². The molecule has 0 aliphatic rings. The molecule has 0 spiro atoms. The van der Waals surface area contributed by atoms with Crippen LogP contribution in [0.5, 0.6) is 0 Å². The Bertz CT molecular complexity index is 2410. The SMILES string of the molecule is CC/C=C\C/C=C\C/C=C\C/C=C\CCCCCCC(=O)OCC(COP(=O)(O)OCC(O)COP(=O)(O)OCC(O)COC(=O)CCCCCCCCCCCCCCCCCCCCC/C=C\C/C=C\C/C=C\C/C=C\CCCCC)OC(=O)CCCCCCC/C=C\C/C=C\C/C=C\CC. The van der Waals surface area contributed by atoms with Gasteiger partial charge in [-0.3, -0.25) is 32.5 Å². The lowest BCUT2D eigenvalue weighted by molar-refractivity contribution is -0.161. The van der Waals surface area contributed by atoms with Crippen molar-refractivity contribution in [2.45, 2.75) is 347 Å². The van der Waals surface area contributed by atoms with Crippen molar-refractivity contribution in [1.29, 1.82) is 0 Å². The van der Waals surface area contributed by atoms with E-state index >= 15 is 0 Å². The smallest absolute Gasteiger partial charge is 0.463 e. The third-order valence-corrected chi connectivity index (χ3v) is 18.7. The second kappa shape index (κ2) is 77.3. The van der Waals surface area contributed by atoms with Gasteiger partial charge in [0, 0.05) is 19.3 Å². The maximum Gasteiger partial charge on any atom is 0.472 e. The van der Waals surface area contributed by atoms with E-state index in [1.807, 2.05) is 0 Å². The number of carbonyl (C=O) groups is 3. The molecule has 5 unspecified atom stereocenters. The van der Waals surface area contributed by atoms with Gasteiger partial charge in [0.25, 0.3) is 0 Å². The number of hydrogen-bond donors (Lipinski definition) is 4. The zero-order valence-corrected chi connectivity index (χ0v) is 66.5. The van der Waals surface area contributed by atoms with Crippen LogP contribution in [0.15, 0.2) is 134 Å². The van der Waals surface area contributed by atoms with Crippen molar-refractivity contribution in [3.63, 3.8) is 0 Å². The number of phosphoric acid groups is 2. The van der Waals surface area contributed by atoms with Crippen molar-refractivity contribution in [2.24, 2.45) is 0 Å². The molecule has 0 aromatic carbocycles. The summed E-state index contributed by atoms with van der Waals surface area (Å²) in [5.41, 5.74) is 0. The van der Waals surface area contributed by atoms with Gasteiger partial charge >= 0.3 is 33.6 Å². The summed E-state index contributed by atoms with van der Waals surface area (Å²) in [6.45, 7) is 2.39. The van der Waals surface area contributed by atoms with Crippen molar-refractivity contribution in [1.82, 2.24) is 0 Å². The van der Waals surface area contributed by atoms with Crippen molar-refractivity contribution in [2.75, 3.05) is 39.6 Å².